The van der Waals surface area contributed by atoms with Crippen LogP contribution in [0.4, 0.5) is 0 Å². The molecular weight excluding hydrogens is 683 g/mol. The highest BCUT2D eigenvalue weighted by atomic mass is 32.2. The van der Waals surface area contributed by atoms with Gasteiger partial charge in [0.15, 0.2) is 10.2 Å². The highest BCUT2D eigenvalue weighted by Gasteiger charge is 2.28. The van der Waals surface area contributed by atoms with Gasteiger partial charge in [-0.25, -0.2) is 0 Å². The Morgan fingerprint density at radius 2 is 0.981 bits per heavy atom. The second-order valence-electron chi connectivity index (χ2n) is 17.5. The van der Waals surface area contributed by atoms with E-state index in [0.717, 1.165) is 114 Å². The second kappa shape index (κ2) is 30.7. The van der Waals surface area contributed by atoms with E-state index in [2.05, 4.69) is 53.5 Å². The van der Waals surface area contributed by atoms with Gasteiger partial charge in [-0.15, -0.1) is 0 Å². The Bertz CT molecular complexity index is 861. The minimum atomic E-state index is -0.284. The maximum Gasteiger partial charge on any atom is 0.306 e. The summed E-state index contributed by atoms with van der Waals surface area (Å²) in [6.07, 6.45) is 30.5. The molecule has 0 aromatic carbocycles. The van der Waals surface area contributed by atoms with Gasteiger partial charge in [-0.2, -0.15) is 0 Å². The van der Waals surface area contributed by atoms with Crippen molar-refractivity contribution in [2.75, 3.05) is 31.6 Å². The second-order valence-corrected chi connectivity index (χ2v) is 19.7. The molecule has 0 spiro atoms. The molecule has 1 fully saturated rings. The maximum absolute atomic E-state index is 13.1. The molecule has 0 radical (unpaired) electrons. The standard InChI is InChI=1S/C45H85NO4S2/c1-8-10-12-14-16-18-26-36-51-42(48)44(3,4)32-24-20-22-28-40(50-41(47)38-39-30-34-46(7)35-31-39)29-23-21-25-33-45(5,6)43(49)52-37-27-19-17-15-13-11-9-2/h39-40H,8-38H2,1-7H3. The number of carbonyl (C=O) groups is 3. The van der Waals surface area contributed by atoms with Crippen molar-refractivity contribution >= 4 is 39.7 Å². The smallest absolute Gasteiger partial charge is 0.306 e. The number of likely N-dealkylation sites (tertiary alicyclic amines) is 1. The summed E-state index contributed by atoms with van der Waals surface area (Å²) in [5, 5.41) is 0.687. The van der Waals surface area contributed by atoms with E-state index >= 15 is 0 Å². The van der Waals surface area contributed by atoms with Crippen LogP contribution in [-0.2, 0) is 19.1 Å². The fourth-order valence-electron chi connectivity index (χ4n) is 7.27. The molecule has 0 N–H and O–H groups in total. The summed E-state index contributed by atoms with van der Waals surface area (Å²) in [5.41, 5.74) is -0.569. The summed E-state index contributed by atoms with van der Waals surface area (Å²) in [7, 11) is 2.16. The lowest BCUT2D eigenvalue weighted by Gasteiger charge is -2.29. The third-order valence-electron chi connectivity index (χ3n) is 11.3. The van der Waals surface area contributed by atoms with Gasteiger partial charge in [0, 0.05) is 28.8 Å². The minimum absolute atomic E-state index is 0.0195. The normalized spacial score (nSPS) is 14.7. The number of piperidine rings is 1. The van der Waals surface area contributed by atoms with Crippen LogP contribution >= 0.6 is 23.5 Å². The van der Waals surface area contributed by atoms with Crippen LogP contribution in [0.25, 0.3) is 0 Å². The lowest BCUT2D eigenvalue weighted by molar-refractivity contribution is -0.151. The van der Waals surface area contributed by atoms with E-state index in [9.17, 15) is 14.4 Å². The highest BCUT2D eigenvalue weighted by molar-refractivity contribution is 8.14. The fraction of sp³-hybridized carbons (Fsp3) is 0.933. The van der Waals surface area contributed by atoms with E-state index < -0.39 is 0 Å². The van der Waals surface area contributed by atoms with Crippen LogP contribution in [-0.4, -0.2) is 58.8 Å². The first kappa shape index (κ1) is 49.5. The van der Waals surface area contributed by atoms with Gasteiger partial charge in [-0.3, -0.25) is 14.4 Å². The van der Waals surface area contributed by atoms with E-state index in [1.54, 1.807) is 23.5 Å². The molecule has 0 aromatic rings. The van der Waals surface area contributed by atoms with Gasteiger partial charge < -0.3 is 9.64 Å². The predicted octanol–water partition coefficient (Wildman–Crippen LogP) is 13.6. The van der Waals surface area contributed by atoms with Crippen LogP contribution in [0.2, 0.25) is 0 Å². The summed E-state index contributed by atoms with van der Waals surface area (Å²) in [5.74, 6) is 2.32. The molecule has 7 heteroatoms. The summed E-state index contributed by atoms with van der Waals surface area (Å²) in [6.45, 7) is 15.1. The lowest BCUT2D eigenvalue weighted by Crippen LogP contribution is -2.31. The Kier molecular flexibility index (Phi) is 29.2. The molecule has 5 nitrogen and oxygen atoms in total. The van der Waals surface area contributed by atoms with E-state index in [1.807, 2.05) is 0 Å². The molecule has 0 bridgehead atoms. The van der Waals surface area contributed by atoms with E-state index in [4.69, 9.17) is 4.74 Å². The lowest BCUT2D eigenvalue weighted by atomic mass is 9.87. The molecule has 0 aliphatic carbocycles. The number of ether oxygens (including phenoxy) is 1. The van der Waals surface area contributed by atoms with Crippen molar-refractivity contribution in [3.63, 3.8) is 0 Å². The summed E-state index contributed by atoms with van der Waals surface area (Å²) in [6, 6.07) is 0. The number of carbonyl (C=O) groups excluding carboxylic acids is 3. The molecule has 0 atom stereocenters. The Morgan fingerprint density at radius 1 is 0.596 bits per heavy atom. The molecule has 1 aliphatic heterocycles. The maximum atomic E-state index is 13.1. The number of nitrogens with zero attached hydrogens (tertiary/aromatic N) is 1. The summed E-state index contributed by atoms with van der Waals surface area (Å²) < 4.78 is 6.17. The van der Waals surface area contributed by atoms with E-state index in [0.29, 0.717) is 22.6 Å². The third-order valence-corrected chi connectivity index (χ3v) is 13.9. The van der Waals surface area contributed by atoms with Gasteiger partial charge >= 0.3 is 5.97 Å². The summed E-state index contributed by atoms with van der Waals surface area (Å²) >= 11 is 3.09. The topological polar surface area (TPSA) is 63.7 Å². The Balaban J connectivity index is 2.43. The number of thioether (sulfide) groups is 2. The first-order valence-corrected chi connectivity index (χ1v) is 24.1. The summed E-state index contributed by atoms with van der Waals surface area (Å²) in [4.78, 5) is 41.3. The van der Waals surface area contributed by atoms with Crippen LogP contribution < -0.4 is 0 Å². The van der Waals surface area contributed by atoms with Crippen LogP contribution in [0.3, 0.4) is 0 Å². The average Bonchev–Trinajstić information content (AvgIpc) is 3.10. The van der Waals surface area contributed by atoms with Crippen molar-refractivity contribution in [3.05, 3.63) is 0 Å². The van der Waals surface area contributed by atoms with Gasteiger partial charge in [0.1, 0.15) is 6.10 Å². The molecule has 0 unspecified atom stereocenters. The van der Waals surface area contributed by atoms with Crippen molar-refractivity contribution < 1.29 is 19.1 Å². The molecule has 0 aromatic heterocycles. The molecule has 306 valence electrons. The van der Waals surface area contributed by atoms with E-state index in [-0.39, 0.29) is 22.9 Å². The first-order valence-electron chi connectivity index (χ1n) is 22.1. The zero-order valence-electron chi connectivity index (χ0n) is 35.5. The number of hydrogen-bond acceptors (Lipinski definition) is 7. The number of rotatable bonds is 33. The zero-order valence-corrected chi connectivity index (χ0v) is 37.1. The molecule has 1 rings (SSSR count). The zero-order chi connectivity index (χ0) is 38.5. The largest absolute Gasteiger partial charge is 0.462 e. The molecule has 52 heavy (non-hydrogen) atoms. The Morgan fingerprint density at radius 3 is 1.40 bits per heavy atom. The SMILES string of the molecule is CCCCCCCCCSC(=O)C(C)(C)CCCCCC(CCCCCC(C)(C)C(=O)SCCCCCCCCC)OC(=O)CC1CCN(C)CC1. The van der Waals surface area contributed by atoms with Crippen molar-refractivity contribution in [2.24, 2.45) is 16.7 Å². The van der Waals surface area contributed by atoms with Gasteiger partial charge in [-0.1, -0.05) is 168 Å². The van der Waals surface area contributed by atoms with Gasteiger partial charge in [0.05, 0.1) is 0 Å². The molecule has 0 saturated carbocycles. The van der Waals surface area contributed by atoms with Crippen molar-refractivity contribution in [3.8, 4) is 0 Å². The molecule has 1 heterocycles. The van der Waals surface area contributed by atoms with Crippen LogP contribution in [0.15, 0.2) is 0 Å². The van der Waals surface area contributed by atoms with E-state index in [1.165, 1.54) is 77.0 Å². The molecule has 1 aliphatic rings. The van der Waals surface area contributed by atoms with Crippen LogP contribution in [0, 0.1) is 16.7 Å². The number of unbranched alkanes of at least 4 members (excludes halogenated alkanes) is 16. The number of esters is 1. The highest BCUT2D eigenvalue weighted by Crippen LogP contribution is 2.33. The van der Waals surface area contributed by atoms with Gasteiger partial charge in [0.2, 0.25) is 0 Å². The van der Waals surface area contributed by atoms with Crippen molar-refractivity contribution in [2.45, 2.75) is 221 Å². The monoisotopic (exact) mass is 768 g/mol. The first-order chi connectivity index (χ1) is 24.9. The van der Waals surface area contributed by atoms with Crippen molar-refractivity contribution in [1.82, 2.24) is 4.90 Å². The van der Waals surface area contributed by atoms with Gasteiger partial charge in [-0.05, 0) is 90.3 Å². The third kappa shape index (κ3) is 25.5. The number of hydrogen-bond donors (Lipinski definition) is 0. The molecule has 0 amide bonds. The quantitative estimate of drug-likeness (QED) is 0.0487. The van der Waals surface area contributed by atoms with Crippen LogP contribution in [0.1, 0.15) is 215 Å². The molecule has 1 saturated heterocycles. The fourth-order valence-corrected chi connectivity index (χ4v) is 9.33. The Hall–Kier alpha value is -0.530. The minimum Gasteiger partial charge on any atom is -0.462 e. The Labute approximate surface area is 331 Å². The van der Waals surface area contributed by atoms with Crippen molar-refractivity contribution in [1.29, 1.82) is 0 Å². The molecular formula is C45H85NO4S2. The average molecular weight is 768 g/mol. The van der Waals surface area contributed by atoms with Crippen LogP contribution in [0.5, 0.6) is 0 Å². The van der Waals surface area contributed by atoms with Gasteiger partial charge in [0.25, 0.3) is 0 Å². The predicted molar refractivity (Wildman–Crippen MR) is 229 cm³/mol.